The SMILES string of the molecule is O=C(c1ccc(C(F)(F)F)cc1)C1CNc2ccccc21. The Hall–Kier alpha value is -2.30. The van der Waals surface area contributed by atoms with Crippen molar-refractivity contribution >= 4 is 11.5 Å². The Morgan fingerprint density at radius 2 is 1.71 bits per heavy atom. The van der Waals surface area contributed by atoms with Gasteiger partial charge >= 0.3 is 6.18 Å². The molecule has 21 heavy (non-hydrogen) atoms. The maximum absolute atomic E-state index is 12.5. The number of ketones is 1. The molecule has 2 aromatic carbocycles. The number of Topliss-reactive ketones (excluding diaryl/α,β-unsaturated/α-hetero) is 1. The molecule has 1 N–H and O–H groups in total. The highest BCUT2D eigenvalue weighted by molar-refractivity contribution is 6.03. The number of benzene rings is 2. The first-order valence-electron chi connectivity index (χ1n) is 6.51. The highest BCUT2D eigenvalue weighted by atomic mass is 19.4. The third kappa shape index (κ3) is 2.51. The molecule has 2 nitrogen and oxygen atoms in total. The van der Waals surface area contributed by atoms with Gasteiger partial charge in [-0.05, 0) is 23.8 Å². The van der Waals surface area contributed by atoms with E-state index in [9.17, 15) is 18.0 Å². The zero-order chi connectivity index (χ0) is 15.0. The summed E-state index contributed by atoms with van der Waals surface area (Å²) in [6.07, 6.45) is -4.39. The van der Waals surface area contributed by atoms with Crippen LogP contribution in [0.25, 0.3) is 0 Å². The summed E-state index contributed by atoms with van der Waals surface area (Å²) >= 11 is 0. The van der Waals surface area contributed by atoms with Gasteiger partial charge in [0, 0.05) is 17.8 Å². The van der Waals surface area contributed by atoms with Gasteiger partial charge in [-0.3, -0.25) is 4.79 Å². The first-order chi connectivity index (χ1) is 9.97. The second-order valence-electron chi connectivity index (χ2n) is 4.96. The highest BCUT2D eigenvalue weighted by Gasteiger charge is 2.32. The van der Waals surface area contributed by atoms with E-state index in [-0.39, 0.29) is 11.7 Å². The second kappa shape index (κ2) is 4.91. The quantitative estimate of drug-likeness (QED) is 0.844. The maximum atomic E-state index is 12.5. The largest absolute Gasteiger partial charge is 0.416 e. The van der Waals surface area contributed by atoms with Gasteiger partial charge in [0.05, 0.1) is 11.5 Å². The Bertz CT molecular complexity index is 677. The molecule has 0 aromatic heterocycles. The fraction of sp³-hybridized carbons (Fsp3) is 0.188. The summed E-state index contributed by atoms with van der Waals surface area (Å²) in [5, 5.41) is 3.14. The fourth-order valence-corrected chi connectivity index (χ4v) is 2.54. The van der Waals surface area contributed by atoms with E-state index in [4.69, 9.17) is 0 Å². The predicted molar refractivity (Wildman–Crippen MR) is 73.4 cm³/mol. The second-order valence-corrected chi connectivity index (χ2v) is 4.96. The lowest BCUT2D eigenvalue weighted by Gasteiger charge is -2.11. The summed E-state index contributed by atoms with van der Waals surface area (Å²) in [7, 11) is 0. The molecule has 0 radical (unpaired) electrons. The summed E-state index contributed by atoms with van der Waals surface area (Å²) in [5.74, 6) is -0.515. The van der Waals surface area contributed by atoms with Crippen LogP contribution in [0.5, 0.6) is 0 Å². The van der Waals surface area contributed by atoms with E-state index < -0.39 is 11.7 Å². The Morgan fingerprint density at radius 1 is 1.05 bits per heavy atom. The van der Waals surface area contributed by atoms with Gasteiger partial charge in [-0.1, -0.05) is 30.3 Å². The molecule has 1 heterocycles. The standard InChI is InChI=1S/C16H12F3NO/c17-16(18,19)11-7-5-10(6-8-11)15(21)13-9-20-14-4-2-1-3-12(13)14/h1-8,13,20H,9H2. The van der Waals surface area contributed by atoms with Crippen LogP contribution in [0.4, 0.5) is 18.9 Å². The van der Waals surface area contributed by atoms with Gasteiger partial charge in [0.2, 0.25) is 0 Å². The number of rotatable bonds is 2. The molecule has 0 amide bonds. The highest BCUT2D eigenvalue weighted by Crippen LogP contribution is 2.34. The van der Waals surface area contributed by atoms with Gasteiger partial charge in [0.1, 0.15) is 0 Å². The van der Waals surface area contributed by atoms with Crippen molar-refractivity contribution in [1.29, 1.82) is 0 Å². The van der Waals surface area contributed by atoms with Crippen molar-refractivity contribution in [3.8, 4) is 0 Å². The van der Waals surface area contributed by atoms with Crippen LogP contribution in [0.2, 0.25) is 0 Å². The van der Waals surface area contributed by atoms with Gasteiger partial charge < -0.3 is 5.32 Å². The third-order valence-corrected chi connectivity index (χ3v) is 3.65. The van der Waals surface area contributed by atoms with Gasteiger partial charge in [-0.25, -0.2) is 0 Å². The molecule has 0 saturated heterocycles. The molecule has 0 saturated carbocycles. The zero-order valence-electron chi connectivity index (χ0n) is 10.9. The molecule has 0 spiro atoms. The van der Waals surface area contributed by atoms with Crippen molar-refractivity contribution in [2.45, 2.75) is 12.1 Å². The normalized spacial score (nSPS) is 17.2. The van der Waals surface area contributed by atoms with Gasteiger partial charge in [0.15, 0.2) is 5.78 Å². The summed E-state index contributed by atoms with van der Waals surface area (Å²) in [5.41, 5.74) is 1.35. The lowest BCUT2D eigenvalue weighted by molar-refractivity contribution is -0.137. The molecule has 1 aliphatic heterocycles. The van der Waals surface area contributed by atoms with Gasteiger partial charge in [0.25, 0.3) is 0 Å². The van der Waals surface area contributed by atoms with E-state index in [0.29, 0.717) is 12.1 Å². The van der Waals surface area contributed by atoms with Crippen molar-refractivity contribution in [2.75, 3.05) is 11.9 Å². The molecule has 3 rings (SSSR count). The fourth-order valence-electron chi connectivity index (χ4n) is 2.54. The summed E-state index contributed by atoms with van der Waals surface area (Å²) in [6, 6.07) is 11.8. The van der Waals surface area contributed by atoms with Crippen molar-refractivity contribution in [3.05, 3.63) is 65.2 Å². The molecular formula is C16H12F3NO. The zero-order valence-corrected chi connectivity index (χ0v) is 10.9. The Morgan fingerprint density at radius 3 is 2.38 bits per heavy atom. The molecule has 0 bridgehead atoms. The van der Waals surface area contributed by atoms with Crippen molar-refractivity contribution in [1.82, 2.24) is 0 Å². The van der Waals surface area contributed by atoms with Crippen LogP contribution in [0.1, 0.15) is 27.4 Å². The lowest BCUT2D eigenvalue weighted by atomic mass is 9.92. The predicted octanol–water partition coefficient (Wildman–Crippen LogP) is 4.10. The van der Waals surface area contributed by atoms with E-state index in [0.717, 1.165) is 23.4 Å². The van der Waals surface area contributed by atoms with E-state index in [1.54, 1.807) is 0 Å². The lowest BCUT2D eigenvalue weighted by Crippen LogP contribution is -2.15. The molecule has 0 fully saturated rings. The van der Waals surface area contributed by atoms with Crippen LogP contribution in [0.15, 0.2) is 48.5 Å². The Balaban J connectivity index is 1.87. The topological polar surface area (TPSA) is 29.1 Å². The summed E-state index contributed by atoms with van der Waals surface area (Å²) in [4.78, 5) is 12.4. The van der Waals surface area contributed by atoms with Crippen molar-refractivity contribution in [3.63, 3.8) is 0 Å². The van der Waals surface area contributed by atoms with Crippen LogP contribution in [-0.4, -0.2) is 12.3 Å². The minimum atomic E-state index is -4.39. The summed E-state index contributed by atoms with van der Waals surface area (Å²) < 4.78 is 37.6. The maximum Gasteiger partial charge on any atom is 0.416 e. The van der Waals surface area contributed by atoms with Crippen molar-refractivity contribution in [2.24, 2.45) is 0 Å². The van der Waals surface area contributed by atoms with E-state index in [1.807, 2.05) is 24.3 Å². The minimum absolute atomic E-state index is 0.166. The average molecular weight is 291 g/mol. The average Bonchev–Trinajstić information content (AvgIpc) is 2.90. The number of carbonyl (C=O) groups is 1. The number of alkyl halides is 3. The first-order valence-corrected chi connectivity index (χ1v) is 6.51. The van der Waals surface area contributed by atoms with Crippen LogP contribution < -0.4 is 5.32 Å². The van der Waals surface area contributed by atoms with Crippen molar-refractivity contribution < 1.29 is 18.0 Å². The number of carbonyl (C=O) groups excluding carboxylic acids is 1. The third-order valence-electron chi connectivity index (χ3n) is 3.65. The van der Waals surface area contributed by atoms with E-state index in [2.05, 4.69) is 5.32 Å². The number of hydrogen-bond acceptors (Lipinski definition) is 2. The molecule has 1 unspecified atom stereocenters. The summed E-state index contributed by atoms with van der Waals surface area (Å²) in [6.45, 7) is 0.471. The minimum Gasteiger partial charge on any atom is -0.384 e. The number of fused-ring (bicyclic) bond motifs is 1. The number of para-hydroxylation sites is 1. The number of nitrogens with one attached hydrogen (secondary N) is 1. The van der Waals surface area contributed by atoms with E-state index >= 15 is 0 Å². The molecule has 1 atom stereocenters. The number of hydrogen-bond donors (Lipinski definition) is 1. The molecule has 108 valence electrons. The first kappa shape index (κ1) is 13.7. The number of halogens is 3. The monoisotopic (exact) mass is 291 g/mol. The van der Waals surface area contributed by atoms with Crippen LogP contribution in [0.3, 0.4) is 0 Å². The van der Waals surface area contributed by atoms with Gasteiger partial charge in [-0.2, -0.15) is 13.2 Å². The molecule has 5 heteroatoms. The molecular weight excluding hydrogens is 279 g/mol. The van der Waals surface area contributed by atoms with Crippen LogP contribution >= 0.6 is 0 Å². The van der Waals surface area contributed by atoms with Crippen LogP contribution in [-0.2, 0) is 6.18 Å². The van der Waals surface area contributed by atoms with E-state index in [1.165, 1.54) is 12.1 Å². The molecule has 2 aromatic rings. The Kier molecular flexibility index (Phi) is 3.20. The number of anilines is 1. The smallest absolute Gasteiger partial charge is 0.384 e. The van der Waals surface area contributed by atoms with Gasteiger partial charge in [-0.15, -0.1) is 0 Å². The van der Waals surface area contributed by atoms with Crippen LogP contribution in [0, 0.1) is 0 Å². The molecule has 0 aliphatic carbocycles. The Labute approximate surface area is 119 Å². The molecule has 1 aliphatic rings.